The Balaban J connectivity index is 1.76. The lowest BCUT2D eigenvalue weighted by atomic mass is 9.96. The minimum atomic E-state index is 0.0610. The van der Waals surface area contributed by atoms with Crippen molar-refractivity contribution in [2.24, 2.45) is 5.92 Å². The molecule has 5 heteroatoms. The van der Waals surface area contributed by atoms with E-state index in [-0.39, 0.29) is 17.7 Å². The third kappa shape index (κ3) is 4.00. The molecule has 108 valence electrons. The predicted octanol–water partition coefficient (Wildman–Crippen LogP) is 1.76. The van der Waals surface area contributed by atoms with Crippen LogP contribution in [-0.2, 0) is 9.59 Å². The monoisotopic (exact) mass is 292 g/mol. The second-order valence-corrected chi connectivity index (χ2v) is 5.92. The zero-order valence-electron chi connectivity index (χ0n) is 11.7. The largest absolute Gasteiger partial charge is 0.359 e. The van der Waals surface area contributed by atoms with Crippen molar-refractivity contribution in [2.45, 2.75) is 17.7 Å². The zero-order chi connectivity index (χ0) is 14.4. The first-order valence-corrected chi connectivity index (χ1v) is 7.86. The first-order valence-electron chi connectivity index (χ1n) is 6.88. The number of piperidine rings is 1. The Bertz CT molecular complexity index is 456. The van der Waals surface area contributed by atoms with Crippen LogP contribution in [0.15, 0.2) is 35.2 Å². The van der Waals surface area contributed by atoms with Gasteiger partial charge in [-0.15, -0.1) is 11.8 Å². The Hall–Kier alpha value is -1.49. The molecule has 0 aromatic heterocycles. The summed E-state index contributed by atoms with van der Waals surface area (Å²) in [7, 11) is 1.66. The average Bonchev–Trinajstić information content (AvgIpc) is 2.53. The molecule has 0 saturated carbocycles. The van der Waals surface area contributed by atoms with E-state index in [0.717, 1.165) is 17.7 Å². The van der Waals surface area contributed by atoms with E-state index in [1.54, 1.807) is 18.8 Å². The summed E-state index contributed by atoms with van der Waals surface area (Å²) < 4.78 is 0. The summed E-state index contributed by atoms with van der Waals surface area (Å²) in [6, 6.07) is 9.93. The molecule has 0 aliphatic carbocycles. The van der Waals surface area contributed by atoms with E-state index >= 15 is 0 Å². The summed E-state index contributed by atoms with van der Waals surface area (Å²) in [5, 5.41) is 2.68. The van der Waals surface area contributed by atoms with E-state index in [2.05, 4.69) is 5.32 Å². The number of nitrogens with one attached hydrogen (secondary N) is 1. The van der Waals surface area contributed by atoms with Gasteiger partial charge in [-0.25, -0.2) is 0 Å². The number of amides is 2. The summed E-state index contributed by atoms with van der Waals surface area (Å²) in [6.07, 6.45) is 1.53. The SMILES string of the molecule is CNC(=O)C1CCN(C(=O)CSc2ccccc2)CC1. The van der Waals surface area contributed by atoms with E-state index in [1.165, 1.54) is 0 Å². The molecule has 20 heavy (non-hydrogen) atoms. The maximum atomic E-state index is 12.1. The Morgan fingerprint density at radius 2 is 1.90 bits per heavy atom. The number of carbonyl (C=O) groups excluding carboxylic acids is 2. The van der Waals surface area contributed by atoms with Crippen molar-refractivity contribution in [3.63, 3.8) is 0 Å². The van der Waals surface area contributed by atoms with E-state index in [1.807, 2.05) is 35.2 Å². The lowest BCUT2D eigenvalue weighted by molar-refractivity contribution is -0.133. The van der Waals surface area contributed by atoms with Gasteiger partial charge >= 0.3 is 0 Å². The Kier molecular flexibility index (Phi) is 5.47. The van der Waals surface area contributed by atoms with Crippen molar-refractivity contribution in [1.82, 2.24) is 10.2 Å². The molecule has 0 unspecified atom stereocenters. The van der Waals surface area contributed by atoms with Gasteiger partial charge in [0.2, 0.25) is 11.8 Å². The van der Waals surface area contributed by atoms with Crippen molar-refractivity contribution >= 4 is 23.6 Å². The topological polar surface area (TPSA) is 49.4 Å². The second-order valence-electron chi connectivity index (χ2n) is 4.87. The lowest BCUT2D eigenvalue weighted by Crippen LogP contribution is -2.43. The van der Waals surface area contributed by atoms with Gasteiger partial charge in [0.05, 0.1) is 5.75 Å². The minimum absolute atomic E-state index is 0.0610. The number of thioether (sulfide) groups is 1. The standard InChI is InChI=1S/C15H20N2O2S/c1-16-15(19)12-7-9-17(10-8-12)14(18)11-20-13-5-3-2-4-6-13/h2-6,12H,7-11H2,1H3,(H,16,19). The van der Waals surface area contributed by atoms with Gasteiger partial charge in [0, 0.05) is 31.0 Å². The molecule has 1 aliphatic rings. The molecule has 2 rings (SSSR count). The van der Waals surface area contributed by atoms with E-state index in [0.29, 0.717) is 18.8 Å². The number of hydrogen-bond acceptors (Lipinski definition) is 3. The first-order chi connectivity index (χ1) is 9.70. The lowest BCUT2D eigenvalue weighted by Gasteiger charge is -2.31. The Labute approximate surface area is 123 Å². The van der Waals surface area contributed by atoms with Crippen molar-refractivity contribution in [3.05, 3.63) is 30.3 Å². The third-order valence-corrected chi connectivity index (χ3v) is 4.57. The number of benzene rings is 1. The zero-order valence-corrected chi connectivity index (χ0v) is 12.5. The molecule has 0 bridgehead atoms. The third-order valence-electron chi connectivity index (χ3n) is 3.57. The number of likely N-dealkylation sites (tertiary alicyclic amines) is 1. The first kappa shape index (κ1) is 14.9. The predicted molar refractivity (Wildman–Crippen MR) is 80.5 cm³/mol. The number of hydrogen-bond donors (Lipinski definition) is 1. The quantitative estimate of drug-likeness (QED) is 0.860. The van der Waals surface area contributed by atoms with Gasteiger partial charge in [0.15, 0.2) is 0 Å². The number of nitrogens with zero attached hydrogens (tertiary/aromatic N) is 1. The van der Waals surface area contributed by atoms with Crippen LogP contribution in [-0.4, -0.2) is 42.6 Å². The van der Waals surface area contributed by atoms with Crippen LogP contribution in [0.4, 0.5) is 0 Å². The van der Waals surface area contributed by atoms with Crippen LogP contribution < -0.4 is 5.32 Å². The van der Waals surface area contributed by atoms with E-state index < -0.39 is 0 Å². The van der Waals surface area contributed by atoms with Crippen molar-refractivity contribution in [2.75, 3.05) is 25.9 Å². The van der Waals surface area contributed by atoms with Gasteiger partial charge in [0.1, 0.15) is 0 Å². The molecular formula is C15H20N2O2S. The van der Waals surface area contributed by atoms with Crippen LogP contribution in [0.3, 0.4) is 0 Å². The molecule has 1 fully saturated rings. The van der Waals surface area contributed by atoms with Gasteiger partial charge in [-0.05, 0) is 25.0 Å². The van der Waals surface area contributed by atoms with Crippen LogP contribution in [0, 0.1) is 5.92 Å². The van der Waals surface area contributed by atoms with Crippen molar-refractivity contribution < 1.29 is 9.59 Å². The van der Waals surface area contributed by atoms with E-state index in [9.17, 15) is 9.59 Å². The minimum Gasteiger partial charge on any atom is -0.359 e. The maximum absolute atomic E-state index is 12.1. The maximum Gasteiger partial charge on any atom is 0.232 e. The molecule has 4 nitrogen and oxygen atoms in total. The summed E-state index contributed by atoms with van der Waals surface area (Å²) in [6.45, 7) is 1.37. The van der Waals surface area contributed by atoms with Crippen LogP contribution in [0.25, 0.3) is 0 Å². The highest BCUT2D eigenvalue weighted by Gasteiger charge is 2.26. The molecule has 1 saturated heterocycles. The molecule has 0 radical (unpaired) electrons. The van der Waals surface area contributed by atoms with Gasteiger partial charge < -0.3 is 10.2 Å². The second kappa shape index (κ2) is 7.33. The fourth-order valence-electron chi connectivity index (χ4n) is 2.35. The average molecular weight is 292 g/mol. The normalized spacial score (nSPS) is 15.9. The van der Waals surface area contributed by atoms with Gasteiger partial charge in [-0.2, -0.15) is 0 Å². The molecule has 1 aliphatic heterocycles. The molecular weight excluding hydrogens is 272 g/mol. The Morgan fingerprint density at radius 3 is 2.50 bits per heavy atom. The number of carbonyl (C=O) groups is 2. The smallest absolute Gasteiger partial charge is 0.232 e. The van der Waals surface area contributed by atoms with Crippen LogP contribution >= 0.6 is 11.8 Å². The van der Waals surface area contributed by atoms with Crippen molar-refractivity contribution in [1.29, 1.82) is 0 Å². The molecule has 0 atom stereocenters. The van der Waals surface area contributed by atoms with Crippen LogP contribution in [0.5, 0.6) is 0 Å². The van der Waals surface area contributed by atoms with Gasteiger partial charge in [-0.1, -0.05) is 18.2 Å². The Morgan fingerprint density at radius 1 is 1.25 bits per heavy atom. The molecule has 2 amide bonds. The van der Waals surface area contributed by atoms with Gasteiger partial charge in [0.25, 0.3) is 0 Å². The summed E-state index contributed by atoms with van der Waals surface area (Å²) in [5.41, 5.74) is 0. The highest BCUT2D eigenvalue weighted by atomic mass is 32.2. The summed E-state index contributed by atoms with van der Waals surface area (Å²) in [5.74, 6) is 0.782. The number of rotatable bonds is 4. The van der Waals surface area contributed by atoms with Crippen molar-refractivity contribution in [3.8, 4) is 0 Å². The highest BCUT2D eigenvalue weighted by molar-refractivity contribution is 8.00. The van der Waals surface area contributed by atoms with Gasteiger partial charge in [-0.3, -0.25) is 9.59 Å². The highest BCUT2D eigenvalue weighted by Crippen LogP contribution is 2.21. The fourth-order valence-corrected chi connectivity index (χ4v) is 3.17. The summed E-state index contributed by atoms with van der Waals surface area (Å²) >= 11 is 1.56. The van der Waals surface area contributed by atoms with E-state index in [4.69, 9.17) is 0 Å². The molecule has 1 heterocycles. The molecule has 1 N–H and O–H groups in total. The fraction of sp³-hybridized carbons (Fsp3) is 0.467. The van der Waals surface area contributed by atoms with Crippen LogP contribution in [0.2, 0.25) is 0 Å². The van der Waals surface area contributed by atoms with Crippen LogP contribution in [0.1, 0.15) is 12.8 Å². The molecule has 1 aromatic rings. The summed E-state index contributed by atoms with van der Waals surface area (Å²) in [4.78, 5) is 26.6. The molecule has 0 spiro atoms. The molecule has 1 aromatic carbocycles.